The van der Waals surface area contributed by atoms with Crippen LogP contribution in [0.5, 0.6) is 0 Å². The van der Waals surface area contributed by atoms with E-state index in [1.165, 1.54) is 10.6 Å². The van der Waals surface area contributed by atoms with E-state index in [2.05, 4.69) is 4.98 Å². The minimum Gasteiger partial charge on any atom is -0.323 e. The quantitative estimate of drug-likeness (QED) is 0.582. The zero-order valence-corrected chi connectivity index (χ0v) is 12.3. The Hall–Kier alpha value is -1.02. The molecule has 0 aliphatic heterocycles. The first kappa shape index (κ1) is 16.4. The molecule has 1 heterocycles. The van der Waals surface area contributed by atoms with Crippen molar-refractivity contribution in [3.8, 4) is 0 Å². The van der Waals surface area contributed by atoms with Gasteiger partial charge >= 0.3 is 5.51 Å². The average Bonchev–Trinajstić information content (AvgIpc) is 2.72. The lowest BCUT2D eigenvalue weighted by Crippen LogP contribution is -2.10. The first-order chi connectivity index (χ1) is 9.70. The molecule has 1 aromatic heterocycles. The largest absolute Gasteiger partial charge is 0.441 e. The molecule has 0 N–H and O–H groups in total. The highest BCUT2D eigenvalue weighted by molar-refractivity contribution is 8.00. The average molecular weight is 345 g/mol. The molecule has 0 fully saturated rings. The molecule has 0 bridgehead atoms. The van der Waals surface area contributed by atoms with Crippen LogP contribution in [0.1, 0.15) is 18.1 Å². The fourth-order valence-electron chi connectivity index (χ4n) is 1.96. The highest BCUT2D eigenvalue weighted by Gasteiger charge is 2.28. The van der Waals surface area contributed by atoms with Crippen molar-refractivity contribution in [1.82, 2.24) is 9.55 Å². The second-order valence-electron chi connectivity index (χ2n) is 4.26. The predicted molar refractivity (Wildman–Crippen MR) is 72.4 cm³/mol. The van der Waals surface area contributed by atoms with Crippen LogP contribution in [-0.2, 0) is 6.54 Å². The van der Waals surface area contributed by atoms with E-state index in [0.717, 1.165) is 6.07 Å². The number of fused-ring (bicyclic) bond motifs is 1. The van der Waals surface area contributed by atoms with Crippen LogP contribution in [0.2, 0.25) is 0 Å². The van der Waals surface area contributed by atoms with Gasteiger partial charge in [0.2, 0.25) is 0 Å². The summed E-state index contributed by atoms with van der Waals surface area (Å²) < 4.78 is 64.9. The van der Waals surface area contributed by atoms with Crippen LogP contribution in [0.15, 0.2) is 12.1 Å². The molecule has 0 saturated carbocycles. The monoisotopic (exact) mass is 344 g/mol. The number of hydrogen-bond donors (Lipinski definition) is 0. The third-order valence-corrected chi connectivity index (χ3v) is 3.67. The number of hydrogen-bond acceptors (Lipinski definition) is 2. The molecule has 21 heavy (non-hydrogen) atoms. The molecule has 1 unspecified atom stereocenters. The zero-order valence-electron chi connectivity index (χ0n) is 10.7. The minimum atomic E-state index is -4.38. The predicted octanol–water partition coefficient (Wildman–Crippen LogP) is 4.87. The molecular weight excluding hydrogens is 335 g/mol. The maximum Gasteiger partial charge on any atom is 0.441 e. The highest BCUT2D eigenvalue weighted by atomic mass is 35.5. The van der Waals surface area contributed by atoms with Crippen molar-refractivity contribution in [1.29, 1.82) is 0 Å². The third kappa shape index (κ3) is 3.60. The molecule has 2 nitrogen and oxygen atoms in total. The van der Waals surface area contributed by atoms with Gasteiger partial charge in [0.1, 0.15) is 11.3 Å². The van der Waals surface area contributed by atoms with Crippen molar-refractivity contribution < 1.29 is 22.0 Å². The SMILES string of the molecule is CC(Cl)c1nc2ccc(F)c(F)c2n1CCSC(F)(F)F. The lowest BCUT2D eigenvalue weighted by atomic mass is 10.3. The summed E-state index contributed by atoms with van der Waals surface area (Å²) in [5, 5.41) is -0.643. The van der Waals surface area contributed by atoms with Crippen LogP contribution in [0.25, 0.3) is 11.0 Å². The van der Waals surface area contributed by atoms with E-state index < -0.39 is 22.5 Å². The topological polar surface area (TPSA) is 17.8 Å². The third-order valence-electron chi connectivity index (χ3n) is 2.77. The van der Waals surface area contributed by atoms with Crippen LogP contribution in [0.3, 0.4) is 0 Å². The number of aryl methyl sites for hydroxylation is 1. The Morgan fingerprint density at radius 2 is 2.00 bits per heavy atom. The van der Waals surface area contributed by atoms with E-state index in [1.54, 1.807) is 6.92 Å². The summed E-state index contributed by atoms with van der Waals surface area (Å²) >= 11 is 5.68. The van der Waals surface area contributed by atoms with Gasteiger partial charge in [0.25, 0.3) is 0 Å². The number of rotatable bonds is 4. The molecule has 0 aliphatic rings. The summed E-state index contributed by atoms with van der Waals surface area (Å²) in [6, 6.07) is 2.19. The highest BCUT2D eigenvalue weighted by Crippen LogP contribution is 2.32. The molecule has 1 aromatic carbocycles. The summed E-state index contributed by atoms with van der Waals surface area (Å²) in [6.07, 6.45) is 0. The number of imidazole rings is 1. The first-order valence-electron chi connectivity index (χ1n) is 5.89. The van der Waals surface area contributed by atoms with E-state index in [4.69, 9.17) is 11.6 Å². The summed E-state index contributed by atoms with van der Waals surface area (Å²) in [5.41, 5.74) is -4.39. The van der Waals surface area contributed by atoms with Crippen LogP contribution in [0.4, 0.5) is 22.0 Å². The number of benzene rings is 1. The van der Waals surface area contributed by atoms with Gasteiger partial charge in [-0.05, 0) is 30.8 Å². The Labute approximate surface area is 126 Å². The summed E-state index contributed by atoms with van der Waals surface area (Å²) in [5.74, 6) is -2.36. The number of thioether (sulfide) groups is 1. The van der Waals surface area contributed by atoms with Crippen molar-refractivity contribution in [2.45, 2.75) is 24.4 Å². The Balaban J connectivity index is 2.43. The van der Waals surface area contributed by atoms with E-state index >= 15 is 0 Å². The standard InChI is InChI=1S/C12H10ClF5N2S/c1-6(13)11-19-8-3-2-7(14)9(15)10(8)20(11)4-5-21-12(16,17)18/h2-3,6H,4-5H2,1H3. The van der Waals surface area contributed by atoms with Gasteiger partial charge in [-0.3, -0.25) is 0 Å². The molecule has 0 saturated heterocycles. The van der Waals surface area contributed by atoms with Crippen LogP contribution in [0, 0.1) is 11.6 Å². The van der Waals surface area contributed by atoms with Crippen molar-refractivity contribution in [3.63, 3.8) is 0 Å². The van der Waals surface area contributed by atoms with Gasteiger partial charge in [-0.25, -0.2) is 13.8 Å². The molecule has 0 spiro atoms. The Kier molecular flexibility index (Phi) is 4.67. The molecule has 0 aliphatic carbocycles. The summed E-state index contributed by atoms with van der Waals surface area (Å²) in [4.78, 5) is 4.06. The van der Waals surface area contributed by atoms with Gasteiger partial charge < -0.3 is 4.57 Å². The van der Waals surface area contributed by atoms with Gasteiger partial charge in [-0.2, -0.15) is 13.2 Å². The number of halogens is 6. The van der Waals surface area contributed by atoms with Crippen molar-refractivity contribution >= 4 is 34.4 Å². The van der Waals surface area contributed by atoms with E-state index in [0.29, 0.717) is 0 Å². The van der Waals surface area contributed by atoms with Crippen LogP contribution >= 0.6 is 23.4 Å². The van der Waals surface area contributed by atoms with Gasteiger partial charge in [0, 0.05) is 12.3 Å². The lowest BCUT2D eigenvalue weighted by molar-refractivity contribution is -0.0328. The maximum absolute atomic E-state index is 13.9. The second-order valence-corrected chi connectivity index (χ2v) is 6.08. The van der Waals surface area contributed by atoms with Crippen LogP contribution in [-0.4, -0.2) is 20.8 Å². The van der Waals surface area contributed by atoms with Gasteiger partial charge in [-0.1, -0.05) is 0 Å². The lowest BCUT2D eigenvalue weighted by Gasteiger charge is -2.11. The normalized spacial score (nSPS) is 13.9. The van der Waals surface area contributed by atoms with E-state index in [9.17, 15) is 22.0 Å². The van der Waals surface area contributed by atoms with Crippen molar-refractivity contribution in [2.24, 2.45) is 0 Å². The molecule has 2 rings (SSSR count). The van der Waals surface area contributed by atoms with Crippen molar-refractivity contribution in [3.05, 3.63) is 29.6 Å². The summed E-state index contributed by atoms with van der Waals surface area (Å²) in [6.45, 7) is 1.39. The molecular formula is C12H10ClF5N2S. The number of alkyl halides is 4. The minimum absolute atomic E-state index is 0.161. The molecule has 9 heteroatoms. The zero-order chi connectivity index (χ0) is 15.8. The Morgan fingerprint density at radius 3 is 2.57 bits per heavy atom. The second kappa shape index (κ2) is 6.00. The molecule has 0 radical (unpaired) electrons. The van der Waals surface area contributed by atoms with E-state index in [-0.39, 0.29) is 40.9 Å². The first-order valence-corrected chi connectivity index (χ1v) is 7.32. The Morgan fingerprint density at radius 1 is 1.33 bits per heavy atom. The number of aromatic nitrogens is 2. The molecule has 2 aromatic rings. The number of nitrogens with zero attached hydrogens (tertiary/aromatic N) is 2. The van der Waals surface area contributed by atoms with Crippen LogP contribution < -0.4 is 0 Å². The Bertz CT molecular complexity index is 653. The molecule has 0 amide bonds. The van der Waals surface area contributed by atoms with Gasteiger partial charge in [0.05, 0.1) is 10.9 Å². The molecule has 116 valence electrons. The van der Waals surface area contributed by atoms with Gasteiger partial charge in [0.15, 0.2) is 11.6 Å². The van der Waals surface area contributed by atoms with Crippen molar-refractivity contribution in [2.75, 3.05) is 5.75 Å². The van der Waals surface area contributed by atoms with E-state index in [1.807, 2.05) is 0 Å². The smallest absolute Gasteiger partial charge is 0.323 e. The fraction of sp³-hybridized carbons (Fsp3) is 0.417. The maximum atomic E-state index is 13.9. The van der Waals surface area contributed by atoms with Gasteiger partial charge in [-0.15, -0.1) is 11.6 Å². The fourth-order valence-corrected chi connectivity index (χ4v) is 2.63. The summed E-state index contributed by atoms with van der Waals surface area (Å²) in [7, 11) is 0. The molecule has 1 atom stereocenters.